The maximum atomic E-state index is 10.0. The summed E-state index contributed by atoms with van der Waals surface area (Å²) in [6.45, 7) is 1.98. The van der Waals surface area contributed by atoms with Gasteiger partial charge in [-0.2, -0.15) is 0 Å². The Bertz CT molecular complexity index is 355. The van der Waals surface area contributed by atoms with Crippen molar-refractivity contribution >= 4 is 11.6 Å². The molecule has 0 heterocycles. The van der Waals surface area contributed by atoms with Crippen molar-refractivity contribution in [3.8, 4) is 5.75 Å². The summed E-state index contributed by atoms with van der Waals surface area (Å²) in [7, 11) is 3.23. The molecule has 17 heavy (non-hydrogen) atoms. The molecule has 0 fully saturated rings. The molecule has 0 saturated heterocycles. The number of rotatable bonds is 6. The van der Waals surface area contributed by atoms with Gasteiger partial charge >= 0.3 is 0 Å². The van der Waals surface area contributed by atoms with Crippen LogP contribution >= 0.6 is 11.6 Å². The van der Waals surface area contributed by atoms with E-state index in [0.717, 1.165) is 12.0 Å². The summed E-state index contributed by atoms with van der Waals surface area (Å²) in [5, 5.41) is 10.6. The molecule has 1 rings (SSSR count). The van der Waals surface area contributed by atoms with Crippen LogP contribution in [0.5, 0.6) is 5.75 Å². The largest absolute Gasteiger partial charge is 0.495 e. The molecular weight excluding hydrogens is 240 g/mol. The van der Waals surface area contributed by atoms with Gasteiger partial charge < -0.3 is 14.6 Å². The minimum Gasteiger partial charge on any atom is -0.495 e. The molecule has 0 bridgehead atoms. The number of aliphatic hydroxyl groups is 1. The van der Waals surface area contributed by atoms with Crippen molar-refractivity contribution in [2.24, 2.45) is 0 Å². The molecule has 2 atom stereocenters. The van der Waals surface area contributed by atoms with E-state index in [-0.39, 0.29) is 6.10 Å². The molecular formula is C13H19ClO3. The lowest BCUT2D eigenvalue weighted by Crippen LogP contribution is -2.07. The number of ether oxygens (including phenoxy) is 2. The molecule has 4 heteroatoms. The highest BCUT2D eigenvalue weighted by atomic mass is 35.5. The fourth-order valence-corrected chi connectivity index (χ4v) is 1.76. The van der Waals surface area contributed by atoms with E-state index in [2.05, 4.69) is 0 Å². The van der Waals surface area contributed by atoms with Crippen LogP contribution in [0.3, 0.4) is 0 Å². The molecule has 2 unspecified atom stereocenters. The van der Waals surface area contributed by atoms with E-state index in [1.54, 1.807) is 26.4 Å². The maximum absolute atomic E-state index is 10.0. The average Bonchev–Trinajstić information content (AvgIpc) is 2.35. The van der Waals surface area contributed by atoms with Crippen molar-refractivity contribution in [3.05, 3.63) is 28.8 Å². The van der Waals surface area contributed by atoms with Gasteiger partial charge in [-0.15, -0.1) is 0 Å². The molecule has 3 nitrogen and oxygen atoms in total. The van der Waals surface area contributed by atoms with Crippen LogP contribution < -0.4 is 4.74 Å². The second kappa shape index (κ2) is 6.84. The van der Waals surface area contributed by atoms with Gasteiger partial charge in [-0.3, -0.25) is 0 Å². The summed E-state index contributed by atoms with van der Waals surface area (Å²) >= 11 is 5.92. The Morgan fingerprint density at radius 1 is 1.29 bits per heavy atom. The first-order chi connectivity index (χ1) is 8.08. The fraction of sp³-hybridized carbons (Fsp3) is 0.538. The van der Waals surface area contributed by atoms with Gasteiger partial charge in [0.15, 0.2) is 0 Å². The topological polar surface area (TPSA) is 38.7 Å². The van der Waals surface area contributed by atoms with E-state index in [9.17, 15) is 5.11 Å². The molecule has 0 spiro atoms. The van der Waals surface area contributed by atoms with Crippen LogP contribution in [0.4, 0.5) is 0 Å². The van der Waals surface area contributed by atoms with E-state index in [4.69, 9.17) is 21.1 Å². The van der Waals surface area contributed by atoms with Crippen molar-refractivity contribution in [1.29, 1.82) is 0 Å². The lowest BCUT2D eigenvalue weighted by molar-refractivity contribution is 0.0850. The molecule has 0 aliphatic heterocycles. The number of hydrogen-bond donors (Lipinski definition) is 1. The molecule has 1 N–H and O–H groups in total. The van der Waals surface area contributed by atoms with Gasteiger partial charge in [0.25, 0.3) is 0 Å². The highest BCUT2D eigenvalue weighted by molar-refractivity contribution is 6.32. The molecule has 1 aromatic rings. The molecule has 0 saturated carbocycles. The average molecular weight is 259 g/mol. The Morgan fingerprint density at radius 3 is 2.59 bits per heavy atom. The highest BCUT2D eigenvalue weighted by Gasteiger charge is 2.12. The Hall–Kier alpha value is -0.770. The van der Waals surface area contributed by atoms with Gasteiger partial charge in [0.05, 0.1) is 24.3 Å². The zero-order valence-electron chi connectivity index (χ0n) is 10.4. The normalized spacial score (nSPS) is 14.4. The summed E-state index contributed by atoms with van der Waals surface area (Å²) in [4.78, 5) is 0. The van der Waals surface area contributed by atoms with Crippen LogP contribution in [0.15, 0.2) is 18.2 Å². The quantitative estimate of drug-likeness (QED) is 0.852. The standard InChI is InChI=1S/C13H19ClO3/c1-9(16-2)4-7-12(15)10-5-6-11(14)13(8-10)17-3/h5-6,8-9,12,15H,4,7H2,1-3H3. The van der Waals surface area contributed by atoms with Crippen LogP contribution in [0, 0.1) is 0 Å². The SMILES string of the molecule is COc1cc(C(O)CCC(C)OC)ccc1Cl. The zero-order chi connectivity index (χ0) is 12.8. The van der Waals surface area contributed by atoms with Gasteiger partial charge in [0, 0.05) is 7.11 Å². The zero-order valence-corrected chi connectivity index (χ0v) is 11.2. The lowest BCUT2D eigenvalue weighted by atomic mass is 10.0. The second-order valence-electron chi connectivity index (χ2n) is 4.03. The smallest absolute Gasteiger partial charge is 0.137 e. The van der Waals surface area contributed by atoms with E-state index in [0.29, 0.717) is 17.2 Å². The molecule has 0 radical (unpaired) electrons. The Labute approximate surface area is 107 Å². The van der Waals surface area contributed by atoms with E-state index >= 15 is 0 Å². The Balaban J connectivity index is 2.65. The third-order valence-corrected chi connectivity index (χ3v) is 3.12. The van der Waals surface area contributed by atoms with Gasteiger partial charge in [-0.25, -0.2) is 0 Å². The minimum atomic E-state index is -0.515. The fourth-order valence-electron chi connectivity index (χ4n) is 1.56. The highest BCUT2D eigenvalue weighted by Crippen LogP contribution is 2.29. The van der Waals surface area contributed by atoms with Crippen LogP contribution in [0.25, 0.3) is 0 Å². The Morgan fingerprint density at radius 2 is 2.00 bits per heavy atom. The van der Waals surface area contributed by atoms with Crippen molar-refractivity contribution < 1.29 is 14.6 Å². The third-order valence-electron chi connectivity index (χ3n) is 2.81. The molecule has 1 aromatic carbocycles. The summed E-state index contributed by atoms with van der Waals surface area (Å²) in [6, 6.07) is 5.32. The van der Waals surface area contributed by atoms with Gasteiger partial charge in [-0.1, -0.05) is 17.7 Å². The molecule has 0 aromatic heterocycles. The molecule has 0 amide bonds. The first kappa shape index (κ1) is 14.3. The maximum Gasteiger partial charge on any atom is 0.137 e. The number of methoxy groups -OCH3 is 2. The summed E-state index contributed by atoms with van der Waals surface area (Å²) in [5.41, 5.74) is 0.814. The van der Waals surface area contributed by atoms with Gasteiger partial charge in [0.1, 0.15) is 5.75 Å². The van der Waals surface area contributed by atoms with Crippen LogP contribution in [-0.2, 0) is 4.74 Å². The predicted molar refractivity (Wildman–Crippen MR) is 68.7 cm³/mol. The molecule has 0 aliphatic carbocycles. The second-order valence-corrected chi connectivity index (χ2v) is 4.44. The number of benzene rings is 1. The van der Waals surface area contributed by atoms with E-state index in [1.165, 1.54) is 0 Å². The molecule has 0 aliphatic rings. The number of halogens is 1. The van der Waals surface area contributed by atoms with Crippen LogP contribution in [0.1, 0.15) is 31.4 Å². The lowest BCUT2D eigenvalue weighted by Gasteiger charge is -2.15. The van der Waals surface area contributed by atoms with Crippen molar-refractivity contribution in [2.45, 2.75) is 32.0 Å². The number of aliphatic hydroxyl groups excluding tert-OH is 1. The first-order valence-electron chi connectivity index (χ1n) is 5.62. The summed E-state index contributed by atoms with van der Waals surface area (Å²) in [6.07, 6.45) is 1.10. The van der Waals surface area contributed by atoms with Gasteiger partial charge in [0.2, 0.25) is 0 Å². The number of hydrogen-bond acceptors (Lipinski definition) is 3. The van der Waals surface area contributed by atoms with Crippen LogP contribution in [-0.4, -0.2) is 25.4 Å². The monoisotopic (exact) mass is 258 g/mol. The van der Waals surface area contributed by atoms with Crippen molar-refractivity contribution in [2.75, 3.05) is 14.2 Å². The molecule has 96 valence electrons. The van der Waals surface area contributed by atoms with Gasteiger partial charge in [-0.05, 0) is 37.5 Å². The Kier molecular flexibility index (Phi) is 5.75. The van der Waals surface area contributed by atoms with Crippen molar-refractivity contribution in [1.82, 2.24) is 0 Å². The van der Waals surface area contributed by atoms with E-state index < -0.39 is 6.10 Å². The minimum absolute atomic E-state index is 0.152. The predicted octanol–water partition coefficient (Wildman–Crippen LogP) is 3.20. The van der Waals surface area contributed by atoms with Crippen molar-refractivity contribution in [3.63, 3.8) is 0 Å². The summed E-state index contributed by atoms with van der Waals surface area (Å²) in [5.74, 6) is 0.586. The van der Waals surface area contributed by atoms with E-state index in [1.807, 2.05) is 13.0 Å². The van der Waals surface area contributed by atoms with Crippen LogP contribution in [0.2, 0.25) is 5.02 Å². The summed E-state index contributed by atoms with van der Waals surface area (Å²) < 4.78 is 10.3. The first-order valence-corrected chi connectivity index (χ1v) is 6.00. The third kappa shape index (κ3) is 4.19.